The van der Waals surface area contributed by atoms with Crippen LogP contribution in [0.4, 0.5) is 0 Å². The van der Waals surface area contributed by atoms with Crippen molar-refractivity contribution in [3.8, 4) is 0 Å². The first-order valence-electron chi connectivity index (χ1n) is 23.5. The van der Waals surface area contributed by atoms with Gasteiger partial charge < -0.3 is 19.3 Å². The van der Waals surface area contributed by atoms with E-state index in [1.807, 2.05) is 0 Å². The summed E-state index contributed by atoms with van der Waals surface area (Å²) in [6.07, 6.45) is 41.2. The zero-order valence-electron chi connectivity index (χ0n) is 36.7. The van der Waals surface area contributed by atoms with E-state index in [2.05, 4.69) is 32.2 Å². The van der Waals surface area contributed by atoms with Gasteiger partial charge in [-0.3, -0.25) is 14.1 Å². The molecule has 55 heavy (non-hydrogen) atoms. The Hall–Kier alpha value is -0.950. The Kier molecular flexibility index (Phi) is 39.2. The number of rotatable bonds is 43. The lowest BCUT2D eigenvalue weighted by Crippen LogP contribution is -2.29. The molecule has 0 amide bonds. The highest BCUT2D eigenvalue weighted by Gasteiger charge is 2.23. The van der Waals surface area contributed by atoms with Gasteiger partial charge in [0.1, 0.15) is 6.61 Å². The van der Waals surface area contributed by atoms with Crippen LogP contribution in [0.3, 0.4) is 0 Å². The van der Waals surface area contributed by atoms with Crippen LogP contribution in [0, 0.1) is 11.8 Å². The predicted octanol–water partition coefficient (Wildman–Crippen LogP) is 14.5. The third-order valence-corrected chi connectivity index (χ3v) is 11.2. The molecule has 0 heterocycles. The highest BCUT2D eigenvalue weighted by Crippen LogP contribution is 2.36. The first-order chi connectivity index (χ1) is 26.5. The molecule has 0 aromatic rings. The summed E-state index contributed by atoms with van der Waals surface area (Å²) in [4.78, 5) is 43.0. The van der Waals surface area contributed by atoms with Crippen LogP contribution in [0.25, 0.3) is 0 Å². The van der Waals surface area contributed by atoms with Crippen LogP contribution in [-0.2, 0) is 28.2 Å². The van der Waals surface area contributed by atoms with E-state index in [-0.39, 0.29) is 19.4 Å². The summed E-state index contributed by atoms with van der Waals surface area (Å²) in [5.74, 6) is 0.813. The average molecular weight is 803 g/mol. The normalized spacial score (nSPS) is 12.5. The van der Waals surface area contributed by atoms with Gasteiger partial charge in [-0.25, -0.2) is 4.57 Å². The van der Waals surface area contributed by atoms with E-state index >= 15 is 0 Å². The summed E-state index contributed by atoms with van der Waals surface area (Å²) >= 11 is 0. The number of ether oxygens (including phenoxy) is 2. The van der Waals surface area contributed by atoms with Gasteiger partial charge >= 0.3 is 19.8 Å². The average Bonchev–Trinajstić information content (AvgIpc) is 3.12. The fraction of sp³-hybridized carbons (Fsp3) is 0.957. The summed E-state index contributed by atoms with van der Waals surface area (Å²) in [6.45, 7) is 8.43. The van der Waals surface area contributed by atoms with E-state index in [1.54, 1.807) is 0 Å². The van der Waals surface area contributed by atoms with Crippen LogP contribution in [0.5, 0.6) is 0 Å². The van der Waals surface area contributed by atoms with Gasteiger partial charge in [0, 0.05) is 12.8 Å². The largest absolute Gasteiger partial charge is 0.469 e. The van der Waals surface area contributed by atoms with Gasteiger partial charge in [0.25, 0.3) is 0 Å². The standard InChI is InChI=1S/C46H91O8P/c1-42(2)36-32-28-24-20-16-12-8-5-6-10-14-18-22-26-30-34-38-45(47)52-40-44(41-53-55(49,50)51)54-46(48)39-35-31-27-23-19-15-11-7-9-13-17-21-25-29-33-37-43(3)4/h42-44H,5-41H2,1-4H3,(H2,49,50,51)/t44-/m1/s1. The first-order valence-corrected chi connectivity index (χ1v) is 25.1. The second-order valence-corrected chi connectivity index (χ2v) is 18.6. The van der Waals surface area contributed by atoms with Gasteiger partial charge in [0.2, 0.25) is 0 Å². The van der Waals surface area contributed by atoms with E-state index in [1.165, 1.54) is 173 Å². The molecule has 328 valence electrons. The molecule has 8 nitrogen and oxygen atoms in total. The zero-order valence-corrected chi connectivity index (χ0v) is 37.6. The van der Waals surface area contributed by atoms with Gasteiger partial charge in [-0.15, -0.1) is 0 Å². The minimum absolute atomic E-state index is 0.219. The number of esters is 2. The SMILES string of the molecule is CC(C)CCCCCCCCCCCCCCCCCCC(=O)OC[C@H](COP(=O)(O)O)OC(=O)CCCCCCCCCCCCCCCCCC(C)C. The van der Waals surface area contributed by atoms with Gasteiger partial charge in [-0.1, -0.05) is 227 Å². The fourth-order valence-electron chi connectivity index (χ4n) is 7.22. The molecule has 0 radical (unpaired) electrons. The Bertz CT molecular complexity index is 889. The van der Waals surface area contributed by atoms with Crippen molar-refractivity contribution >= 4 is 19.8 Å². The lowest BCUT2D eigenvalue weighted by atomic mass is 10.0. The molecule has 0 aromatic carbocycles. The van der Waals surface area contributed by atoms with E-state index in [0.717, 1.165) is 43.9 Å². The van der Waals surface area contributed by atoms with Crippen LogP contribution < -0.4 is 0 Å². The van der Waals surface area contributed by atoms with E-state index in [0.29, 0.717) is 6.42 Å². The lowest BCUT2D eigenvalue weighted by molar-refractivity contribution is -0.161. The molecule has 0 bridgehead atoms. The molecular formula is C46H91O8P. The molecule has 0 rings (SSSR count). The quantitative estimate of drug-likeness (QED) is 0.0355. The summed E-state index contributed by atoms with van der Waals surface area (Å²) < 4.78 is 26.5. The van der Waals surface area contributed by atoms with Crippen molar-refractivity contribution in [2.45, 2.75) is 259 Å². The monoisotopic (exact) mass is 803 g/mol. The van der Waals surface area contributed by atoms with Crippen molar-refractivity contribution in [1.29, 1.82) is 0 Å². The van der Waals surface area contributed by atoms with Gasteiger partial charge in [0.05, 0.1) is 6.61 Å². The molecule has 0 aliphatic rings. The van der Waals surface area contributed by atoms with Crippen LogP contribution in [0.15, 0.2) is 0 Å². The van der Waals surface area contributed by atoms with Crippen LogP contribution >= 0.6 is 7.82 Å². The van der Waals surface area contributed by atoms with E-state index in [4.69, 9.17) is 19.3 Å². The van der Waals surface area contributed by atoms with Crippen molar-refractivity contribution in [3.05, 3.63) is 0 Å². The Morgan fingerprint density at radius 2 is 0.691 bits per heavy atom. The maximum Gasteiger partial charge on any atom is 0.469 e. The first kappa shape index (κ1) is 54.0. The van der Waals surface area contributed by atoms with Gasteiger partial charge in [-0.05, 0) is 24.7 Å². The molecule has 0 aliphatic heterocycles. The molecule has 0 fully saturated rings. The summed E-state index contributed by atoms with van der Waals surface area (Å²) in [5.41, 5.74) is 0. The third-order valence-electron chi connectivity index (χ3n) is 10.7. The Balaban J connectivity index is 3.80. The number of carbonyl (C=O) groups excluding carboxylic acids is 2. The lowest BCUT2D eigenvalue weighted by Gasteiger charge is -2.18. The molecular weight excluding hydrogens is 711 g/mol. The minimum Gasteiger partial charge on any atom is -0.462 e. The molecule has 0 spiro atoms. The number of phosphoric acid groups is 1. The molecule has 0 unspecified atom stereocenters. The van der Waals surface area contributed by atoms with Crippen molar-refractivity contribution in [3.63, 3.8) is 0 Å². The Labute approximate surface area is 340 Å². The predicted molar refractivity (Wildman–Crippen MR) is 230 cm³/mol. The second kappa shape index (κ2) is 39.9. The smallest absolute Gasteiger partial charge is 0.462 e. The highest BCUT2D eigenvalue weighted by atomic mass is 31.2. The van der Waals surface area contributed by atoms with Crippen LogP contribution in [0.2, 0.25) is 0 Å². The molecule has 9 heteroatoms. The van der Waals surface area contributed by atoms with Crippen LogP contribution in [-0.4, -0.2) is 41.0 Å². The summed E-state index contributed by atoms with van der Waals surface area (Å²) in [5, 5.41) is 0. The highest BCUT2D eigenvalue weighted by molar-refractivity contribution is 7.46. The second-order valence-electron chi connectivity index (χ2n) is 17.4. The number of carbonyl (C=O) groups is 2. The van der Waals surface area contributed by atoms with Gasteiger partial charge in [-0.2, -0.15) is 0 Å². The molecule has 1 atom stereocenters. The van der Waals surface area contributed by atoms with Crippen molar-refractivity contribution in [2.24, 2.45) is 11.8 Å². The zero-order chi connectivity index (χ0) is 40.7. The van der Waals surface area contributed by atoms with Crippen molar-refractivity contribution < 1.29 is 37.9 Å². The minimum atomic E-state index is -4.75. The Morgan fingerprint density at radius 1 is 0.418 bits per heavy atom. The molecule has 0 saturated heterocycles. The number of hydrogen-bond donors (Lipinski definition) is 2. The Morgan fingerprint density at radius 3 is 0.982 bits per heavy atom. The van der Waals surface area contributed by atoms with Crippen molar-refractivity contribution in [1.82, 2.24) is 0 Å². The summed E-state index contributed by atoms with van der Waals surface area (Å²) in [7, 11) is -4.75. The molecule has 0 aliphatic carbocycles. The fourth-order valence-corrected chi connectivity index (χ4v) is 7.58. The summed E-state index contributed by atoms with van der Waals surface area (Å²) in [6, 6.07) is 0. The van der Waals surface area contributed by atoms with E-state index < -0.39 is 32.5 Å². The number of phosphoric ester groups is 1. The molecule has 0 saturated carbocycles. The van der Waals surface area contributed by atoms with E-state index in [9.17, 15) is 14.2 Å². The topological polar surface area (TPSA) is 119 Å². The van der Waals surface area contributed by atoms with Crippen molar-refractivity contribution in [2.75, 3.05) is 13.2 Å². The molecule has 2 N–H and O–H groups in total. The number of unbranched alkanes of at least 4 members (excludes halogenated alkanes) is 29. The molecule has 0 aromatic heterocycles. The van der Waals surface area contributed by atoms with Gasteiger partial charge in [0.15, 0.2) is 6.10 Å². The third kappa shape index (κ3) is 45.6. The van der Waals surface area contributed by atoms with Crippen LogP contribution in [0.1, 0.15) is 252 Å². The number of hydrogen-bond acceptors (Lipinski definition) is 6. The maximum atomic E-state index is 12.4. The maximum absolute atomic E-state index is 12.4.